The van der Waals surface area contributed by atoms with Crippen molar-refractivity contribution in [3.63, 3.8) is 0 Å². The van der Waals surface area contributed by atoms with Crippen LogP contribution in [0.15, 0.2) is 30.5 Å². The quantitative estimate of drug-likeness (QED) is 0.805. The van der Waals surface area contributed by atoms with Crippen molar-refractivity contribution >= 4 is 17.5 Å². The molecule has 0 bridgehead atoms. The Morgan fingerprint density at radius 3 is 2.71 bits per heavy atom. The lowest BCUT2D eigenvalue weighted by molar-refractivity contribution is 0.0696. The fraction of sp³-hybridized carbons (Fsp3) is 0.200. The van der Waals surface area contributed by atoms with Crippen molar-refractivity contribution in [1.29, 1.82) is 0 Å². The predicted octanol–water partition coefficient (Wildman–Crippen LogP) is 2.98. The fourth-order valence-corrected chi connectivity index (χ4v) is 1.89. The summed E-state index contributed by atoms with van der Waals surface area (Å²) in [5, 5.41) is 11.9. The van der Waals surface area contributed by atoms with Gasteiger partial charge in [0.2, 0.25) is 0 Å². The molecule has 0 spiro atoms. The number of nitrogens with two attached hydrogens (primary N) is 1. The number of anilines is 2. The van der Waals surface area contributed by atoms with Crippen molar-refractivity contribution in [3.05, 3.63) is 53.0 Å². The SMILES string of the molecule is Cc1ccc(C(C)Nc2ncc(C(=O)O)cc2N)cc1F. The molecule has 4 N–H and O–H groups in total. The second-order valence-corrected chi connectivity index (χ2v) is 4.84. The molecule has 110 valence electrons. The molecule has 0 amide bonds. The van der Waals surface area contributed by atoms with E-state index in [0.29, 0.717) is 11.4 Å². The number of nitrogens with zero attached hydrogens (tertiary/aromatic N) is 1. The molecule has 0 saturated carbocycles. The first kappa shape index (κ1) is 14.8. The number of aryl methyl sites for hydroxylation is 1. The Balaban J connectivity index is 2.21. The standard InChI is InChI=1S/C15H16FN3O2/c1-8-3-4-10(5-12(8)16)9(2)19-14-13(17)6-11(7-18-14)15(20)21/h3-7,9H,17H2,1-2H3,(H,18,19)(H,20,21). The van der Waals surface area contributed by atoms with E-state index in [4.69, 9.17) is 10.8 Å². The van der Waals surface area contributed by atoms with Crippen LogP contribution >= 0.6 is 0 Å². The highest BCUT2D eigenvalue weighted by Gasteiger charge is 2.12. The van der Waals surface area contributed by atoms with Gasteiger partial charge in [0, 0.05) is 6.20 Å². The van der Waals surface area contributed by atoms with Crippen LogP contribution in [0.3, 0.4) is 0 Å². The van der Waals surface area contributed by atoms with Gasteiger partial charge in [-0.15, -0.1) is 0 Å². The molecule has 0 saturated heterocycles. The van der Waals surface area contributed by atoms with Crippen molar-refractivity contribution in [2.45, 2.75) is 19.9 Å². The van der Waals surface area contributed by atoms with Gasteiger partial charge in [0.1, 0.15) is 11.6 Å². The molecule has 5 nitrogen and oxygen atoms in total. The lowest BCUT2D eigenvalue weighted by Crippen LogP contribution is -2.11. The summed E-state index contributed by atoms with van der Waals surface area (Å²) in [5.41, 5.74) is 7.36. The molecule has 21 heavy (non-hydrogen) atoms. The molecular weight excluding hydrogens is 273 g/mol. The van der Waals surface area contributed by atoms with Gasteiger partial charge in [-0.1, -0.05) is 12.1 Å². The van der Waals surface area contributed by atoms with E-state index in [2.05, 4.69) is 10.3 Å². The van der Waals surface area contributed by atoms with Crippen molar-refractivity contribution in [2.24, 2.45) is 0 Å². The number of benzene rings is 1. The largest absolute Gasteiger partial charge is 0.478 e. The molecule has 2 aromatic rings. The highest BCUT2D eigenvalue weighted by molar-refractivity contribution is 5.89. The molecule has 6 heteroatoms. The Hall–Kier alpha value is -2.63. The average molecular weight is 289 g/mol. The molecule has 0 aliphatic heterocycles. The van der Waals surface area contributed by atoms with Crippen LogP contribution in [0.1, 0.15) is 34.5 Å². The first-order chi connectivity index (χ1) is 9.88. The predicted molar refractivity (Wildman–Crippen MR) is 78.8 cm³/mol. The number of hydrogen-bond donors (Lipinski definition) is 3. The maximum absolute atomic E-state index is 13.6. The van der Waals surface area contributed by atoms with Gasteiger partial charge in [0.25, 0.3) is 0 Å². The molecular formula is C15H16FN3O2. The minimum atomic E-state index is -1.09. The van der Waals surface area contributed by atoms with E-state index in [9.17, 15) is 9.18 Å². The van der Waals surface area contributed by atoms with Gasteiger partial charge in [-0.2, -0.15) is 0 Å². The van der Waals surface area contributed by atoms with E-state index >= 15 is 0 Å². The van der Waals surface area contributed by atoms with Gasteiger partial charge in [-0.05, 0) is 37.1 Å². The molecule has 0 aliphatic rings. The zero-order valence-corrected chi connectivity index (χ0v) is 11.7. The summed E-state index contributed by atoms with van der Waals surface area (Å²) in [4.78, 5) is 14.8. The Morgan fingerprint density at radius 2 is 2.14 bits per heavy atom. The molecule has 1 atom stereocenters. The summed E-state index contributed by atoms with van der Waals surface area (Å²) >= 11 is 0. The van der Waals surface area contributed by atoms with Crippen molar-refractivity contribution in [3.8, 4) is 0 Å². The summed E-state index contributed by atoms with van der Waals surface area (Å²) in [6.07, 6.45) is 1.23. The van der Waals surface area contributed by atoms with Crippen LogP contribution < -0.4 is 11.1 Å². The van der Waals surface area contributed by atoms with E-state index in [0.717, 1.165) is 5.56 Å². The first-order valence-corrected chi connectivity index (χ1v) is 6.40. The highest BCUT2D eigenvalue weighted by Crippen LogP contribution is 2.24. The number of carboxylic acids is 1. The molecule has 0 radical (unpaired) electrons. The monoisotopic (exact) mass is 289 g/mol. The molecule has 1 unspecified atom stereocenters. The van der Waals surface area contributed by atoms with Crippen molar-refractivity contribution < 1.29 is 14.3 Å². The average Bonchev–Trinajstić information content (AvgIpc) is 2.43. The topological polar surface area (TPSA) is 88.2 Å². The normalized spacial score (nSPS) is 12.0. The summed E-state index contributed by atoms with van der Waals surface area (Å²) in [5.74, 6) is -0.994. The number of carbonyl (C=O) groups is 1. The molecule has 0 fully saturated rings. The third kappa shape index (κ3) is 3.28. The van der Waals surface area contributed by atoms with Crippen molar-refractivity contribution in [1.82, 2.24) is 4.98 Å². The minimum Gasteiger partial charge on any atom is -0.478 e. The van der Waals surface area contributed by atoms with Gasteiger partial charge in [-0.3, -0.25) is 0 Å². The van der Waals surface area contributed by atoms with Crippen LogP contribution in [-0.2, 0) is 0 Å². The van der Waals surface area contributed by atoms with E-state index in [-0.39, 0.29) is 23.1 Å². The van der Waals surface area contributed by atoms with Crippen molar-refractivity contribution in [2.75, 3.05) is 11.1 Å². The van der Waals surface area contributed by atoms with Crippen LogP contribution in [0.25, 0.3) is 0 Å². The summed E-state index contributed by atoms with van der Waals surface area (Å²) in [6, 6.07) is 6.09. The third-order valence-corrected chi connectivity index (χ3v) is 3.21. The number of nitrogen functional groups attached to an aromatic ring is 1. The van der Waals surface area contributed by atoms with Crippen LogP contribution in [0.2, 0.25) is 0 Å². The zero-order valence-electron chi connectivity index (χ0n) is 11.7. The summed E-state index contributed by atoms with van der Waals surface area (Å²) < 4.78 is 13.6. The fourth-order valence-electron chi connectivity index (χ4n) is 1.89. The molecule has 2 rings (SSSR count). The van der Waals surface area contributed by atoms with Gasteiger partial charge in [-0.25, -0.2) is 14.2 Å². The van der Waals surface area contributed by atoms with Crippen LogP contribution in [0, 0.1) is 12.7 Å². The number of aromatic carboxylic acids is 1. The molecule has 1 aromatic carbocycles. The van der Waals surface area contributed by atoms with E-state index in [1.807, 2.05) is 13.0 Å². The number of rotatable bonds is 4. The van der Waals surface area contributed by atoms with Crippen LogP contribution in [-0.4, -0.2) is 16.1 Å². The summed E-state index contributed by atoms with van der Waals surface area (Å²) in [7, 11) is 0. The smallest absolute Gasteiger partial charge is 0.337 e. The highest BCUT2D eigenvalue weighted by atomic mass is 19.1. The van der Waals surface area contributed by atoms with Gasteiger partial charge in [0.15, 0.2) is 0 Å². The summed E-state index contributed by atoms with van der Waals surface area (Å²) in [6.45, 7) is 3.54. The maximum atomic E-state index is 13.6. The van der Waals surface area contributed by atoms with E-state index in [1.54, 1.807) is 13.0 Å². The number of aromatic nitrogens is 1. The maximum Gasteiger partial charge on any atom is 0.337 e. The second-order valence-electron chi connectivity index (χ2n) is 4.84. The Bertz CT molecular complexity index is 689. The molecule has 0 aliphatic carbocycles. The lowest BCUT2D eigenvalue weighted by atomic mass is 10.1. The number of hydrogen-bond acceptors (Lipinski definition) is 4. The molecule has 1 aromatic heterocycles. The second kappa shape index (κ2) is 5.78. The number of nitrogens with one attached hydrogen (secondary N) is 1. The number of pyridine rings is 1. The van der Waals surface area contributed by atoms with E-state index < -0.39 is 5.97 Å². The number of halogens is 1. The lowest BCUT2D eigenvalue weighted by Gasteiger charge is -2.17. The Morgan fingerprint density at radius 1 is 1.43 bits per heavy atom. The zero-order chi connectivity index (χ0) is 15.6. The van der Waals surface area contributed by atoms with Gasteiger partial charge >= 0.3 is 5.97 Å². The van der Waals surface area contributed by atoms with Gasteiger partial charge < -0.3 is 16.2 Å². The van der Waals surface area contributed by atoms with Gasteiger partial charge in [0.05, 0.1) is 17.3 Å². The number of carboxylic acid groups (broad SMARTS) is 1. The Kier molecular flexibility index (Phi) is 4.07. The minimum absolute atomic E-state index is 0.0204. The van der Waals surface area contributed by atoms with Crippen LogP contribution in [0.5, 0.6) is 0 Å². The Labute approximate surface area is 121 Å². The van der Waals surface area contributed by atoms with Crippen LogP contribution in [0.4, 0.5) is 15.9 Å². The molecule has 1 heterocycles. The first-order valence-electron chi connectivity index (χ1n) is 6.40. The third-order valence-electron chi connectivity index (χ3n) is 3.21. The van der Waals surface area contributed by atoms with E-state index in [1.165, 1.54) is 18.3 Å².